The second kappa shape index (κ2) is 5.45. The van der Waals surface area contributed by atoms with Crippen molar-refractivity contribution < 1.29 is 4.79 Å². The van der Waals surface area contributed by atoms with E-state index in [4.69, 9.17) is 6.42 Å². The summed E-state index contributed by atoms with van der Waals surface area (Å²) >= 11 is 0. The van der Waals surface area contributed by atoms with Gasteiger partial charge in [0.2, 0.25) is 5.91 Å². The molecule has 4 nitrogen and oxygen atoms in total. The fraction of sp³-hybridized carbons (Fsp3) is 0.294. The highest BCUT2D eigenvalue weighted by Gasteiger charge is 2.28. The van der Waals surface area contributed by atoms with Gasteiger partial charge in [-0.25, -0.2) is 4.98 Å². The third-order valence-corrected chi connectivity index (χ3v) is 3.89. The Bertz CT molecular complexity index is 711. The Morgan fingerprint density at radius 3 is 2.90 bits per heavy atom. The largest absolute Gasteiger partial charge is 0.337 e. The molecule has 0 bridgehead atoms. The molecule has 3 rings (SSSR count). The Hall–Kier alpha value is -2.54. The highest BCUT2D eigenvalue weighted by Crippen LogP contribution is 2.23. The van der Waals surface area contributed by atoms with Crippen molar-refractivity contribution in [2.75, 3.05) is 6.54 Å². The van der Waals surface area contributed by atoms with Crippen molar-refractivity contribution in [3.05, 3.63) is 48.0 Å². The van der Waals surface area contributed by atoms with Crippen LogP contribution in [0.5, 0.6) is 0 Å². The third-order valence-electron chi connectivity index (χ3n) is 3.89. The van der Waals surface area contributed by atoms with Crippen molar-refractivity contribution in [3.63, 3.8) is 0 Å². The van der Waals surface area contributed by atoms with Crippen LogP contribution in [0.15, 0.2) is 36.7 Å². The van der Waals surface area contributed by atoms with Gasteiger partial charge in [0.25, 0.3) is 0 Å². The van der Waals surface area contributed by atoms with Crippen LogP contribution in [-0.4, -0.2) is 26.9 Å². The molecule has 4 heteroatoms. The minimum atomic E-state index is 0.0413. The molecule has 1 saturated heterocycles. The zero-order valence-electron chi connectivity index (χ0n) is 12.0. The number of carbonyl (C=O) groups is 1. The molecule has 1 fully saturated rings. The van der Waals surface area contributed by atoms with Gasteiger partial charge in [-0.2, -0.15) is 0 Å². The molecule has 0 spiro atoms. The van der Waals surface area contributed by atoms with Gasteiger partial charge in [0.1, 0.15) is 5.82 Å². The van der Waals surface area contributed by atoms with Crippen LogP contribution in [0.2, 0.25) is 0 Å². The topological polar surface area (TPSA) is 38.1 Å². The van der Waals surface area contributed by atoms with Crippen molar-refractivity contribution in [1.29, 1.82) is 0 Å². The lowest BCUT2D eigenvalue weighted by molar-refractivity contribution is -0.128. The van der Waals surface area contributed by atoms with Gasteiger partial charge in [-0.1, -0.05) is 18.2 Å². The average Bonchev–Trinajstić information content (AvgIpc) is 3.06. The molecule has 21 heavy (non-hydrogen) atoms. The second-order valence-electron chi connectivity index (χ2n) is 5.32. The Labute approximate surface area is 124 Å². The van der Waals surface area contributed by atoms with E-state index in [0.717, 1.165) is 17.1 Å². The van der Waals surface area contributed by atoms with Crippen LogP contribution in [-0.2, 0) is 11.3 Å². The standard InChI is InChI=1S/C17H17N3O/c1-3-14-10-17(21)19(11-14)12-15-6-4-5-7-16(15)20-9-8-18-13(20)2/h1,4-9,14H,10-12H2,2H3. The number of terminal acetylenes is 1. The summed E-state index contributed by atoms with van der Waals surface area (Å²) in [7, 11) is 0. The molecule has 106 valence electrons. The maximum absolute atomic E-state index is 12.0. The summed E-state index contributed by atoms with van der Waals surface area (Å²) < 4.78 is 2.04. The van der Waals surface area contributed by atoms with Crippen molar-refractivity contribution >= 4 is 5.91 Å². The fourth-order valence-electron chi connectivity index (χ4n) is 2.75. The SMILES string of the molecule is C#CC1CC(=O)N(Cc2ccccc2-n2ccnc2C)C1. The van der Waals surface area contributed by atoms with E-state index in [9.17, 15) is 4.79 Å². The average molecular weight is 279 g/mol. The Balaban J connectivity index is 1.89. The molecular formula is C17H17N3O. The van der Waals surface area contributed by atoms with E-state index in [1.165, 1.54) is 0 Å². The summed E-state index contributed by atoms with van der Waals surface area (Å²) in [5.74, 6) is 3.79. The van der Waals surface area contributed by atoms with E-state index < -0.39 is 0 Å². The van der Waals surface area contributed by atoms with Crippen molar-refractivity contribution in [1.82, 2.24) is 14.5 Å². The van der Waals surface area contributed by atoms with E-state index in [2.05, 4.69) is 10.9 Å². The first-order chi connectivity index (χ1) is 10.2. The van der Waals surface area contributed by atoms with E-state index >= 15 is 0 Å². The van der Waals surface area contributed by atoms with Crippen LogP contribution in [0.4, 0.5) is 0 Å². The number of benzene rings is 1. The zero-order chi connectivity index (χ0) is 14.8. The van der Waals surface area contributed by atoms with Crippen LogP contribution < -0.4 is 0 Å². The van der Waals surface area contributed by atoms with Crippen molar-refractivity contribution in [3.8, 4) is 18.0 Å². The Morgan fingerprint density at radius 2 is 2.24 bits per heavy atom. The van der Waals surface area contributed by atoms with Crippen molar-refractivity contribution in [2.24, 2.45) is 5.92 Å². The van der Waals surface area contributed by atoms with Gasteiger partial charge in [-0.15, -0.1) is 12.3 Å². The van der Waals surface area contributed by atoms with Gasteiger partial charge in [-0.05, 0) is 18.6 Å². The monoisotopic (exact) mass is 279 g/mol. The number of hydrogen-bond donors (Lipinski definition) is 0. The van der Waals surface area contributed by atoms with Crippen LogP contribution in [0.3, 0.4) is 0 Å². The van der Waals surface area contributed by atoms with Crippen LogP contribution in [0.1, 0.15) is 17.8 Å². The lowest BCUT2D eigenvalue weighted by Gasteiger charge is -2.19. The predicted octanol–water partition coefficient (Wildman–Crippen LogP) is 2.16. The number of nitrogens with zero attached hydrogens (tertiary/aromatic N) is 3. The molecule has 0 radical (unpaired) electrons. The summed E-state index contributed by atoms with van der Waals surface area (Å²) in [5.41, 5.74) is 2.16. The van der Waals surface area contributed by atoms with Gasteiger partial charge in [0, 0.05) is 37.8 Å². The second-order valence-corrected chi connectivity index (χ2v) is 5.32. The van der Waals surface area contributed by atoms with E-state index in [0.29, 0.717) is 19.5 Å². The third kappa shape index (κ3) is 2.55. The molecule has 0 aliphatic carbocycles. The number of aromatic nitrogens is 2. The van der Waals surface area contributed by atoms with Gasteiger partial charge >= 0.3 is 0 Å². The number of amides is 1. The van der Waals surface area contributed by atoms with Crippen LogP contribution in [0.25, 0.3) is 5.69 Å². The molecule has 0 N–H and O–H groups in total. The number of carbonyl (C=O) groups excluding carboxylic acids is 1. The van der Waals surface area contributed by atoms with Crippen LogP contribution >= 0.6 is 0 Å². The normalized spacial score (nSPS) is 18.0. The number of imidazole rings is 1. The quantitative estimate of drug-likeness (QED) is 0.808. The smallest absolute Gasteiger partial charge is 0.224 e. The predicted molar refractivity (Wildman–Crippen MR) is 80.7 cm³/mol. The minimum absolute atomic E-state index is 0.0413. The summed E-state index contributed by atoms with van der Waals surface area (Å²) in [6.07, 6.45) is 9.61. The first-order valence-corrected chi connectivity index (χ1v) is 7.01. The summed E-state index contributed by atoms with van der Waals surface area (Å²) in [4.78, 5) is 18.1. The molecular weight excluding hydrogens is 262 g/mol. The molecule has 1 atom stereocenters. The van der Waals surface area contributed by atoms with E-state index in [1.807, 2.05) is 46.9 Å². The van der Waals surface area contributed by atoms with Crippen molar-refractivity contribution in [2.45, 2.75) is 19.9 Å². The zero-order valence-corrected chi connectivity index (χ0v) is 12.0. The summed E-state index contributed by atoms with van der Waals surface area (Å²) in [5, 5.41) is 0. The van der Waals surface area contributed by atoms with Gasteiger partial charge in [0.15, 0.2) is 0 Å². The van der Waals surface area contributed by atoms with Gasteiger partial charge in [0.05, 0.1) is 5.69 Å². The molecule has 1 amide bonds. The molecule has 1 aliphatic rings. The van der Waals surface area contributed by atoms with Crippen LogP contribution in [0, 0.1) is 25.2 Å². The first-order valence-electron chi connectivity index (χ1n) is 7.01. The Morgan fingerprint density at radius 1 is 1.43 bits per heavy atom. The maximum atomic E-state index is 12.0. The number of rotatable bonds is 3. The maximum Gasteiger partial charge on any atom is 0.224 e. The lowest BCUT2D eigenvalue weighted by atomic mass is 10.1. The fourth-order valence-corrected chi connectivity index (χ4v) is 2.75. The number of para-hydroxylation sites is 1. The summed E-state index contributed by atoms with van der Waals surface area (Å²) in [6.45, 7) is 3.20. The number of aryl methyl sites for hydroxylation is 1. The molecule has 1 aromatic carbocycles. The van der Waals surface area contributed by atoms with Gasteiger partial charge < -0.3 is 9.47 Å². The highest BCUT2D eigenvalue weighted by molar-refractivity contribution is 5.79. The molecule has 1 aromatic heterocycles. The number of likely N-dealkylation sites (tertiary alicyclic amines) is 1. The van der Waals surface area contributed by atoms with E-state index in [1.54, 1.807) is 6.20 Å². The molecule has 2 heterocycles. The lowest BCUT2D eigenvalue weighted by Crippen LogP contribution is -2.25. The molecule has 0 saturated carbocycles. The molecule has 2 aromatic rings. The molecule has 1 aliphatic heterocycles. The first kappa shape index (κ1) is 13.4. The number of hydrogen-bond acceptors (Lipinski definition) is 2. The highest BCUT2D eigenvalue weighted by atomic mass is 16.2. The van der Waals surface area contributed by atoms with E-state index in [-0.39, 0.29) is 11.8 Å². The van der Waals surface area contributed by atoms with Gasteiger partial charge in [-0.3, -0.25) is 4.79 Å². The molecule has 1 unspecified atom stereocenters. The Kier molecular flexibility index (Phi) is 3.49. The minimum Gasteiger partial charge on any atom is -0.337 e. The summed E-state index contributed by atoms with van der Waals surface area (Å²) in [6, 6.07) is 8.08.